The average molecular weight is 789 g/mol. The lowest BCUT2D eigenvalue weighted by atomic mass is 10.1. The van der Waals surface area contributed by atoms with Crippen LogP contribution < -0.4 is 0 Å². The van der Waals surface area contributed by atoms with Crippen molar-refractivity contribution in [3.05, 3.63) is 165 Å². The fraction of sp³-hybridized carbons (Fsp3) is 0.0526. The molecule has 50 heavy (non-hydrogen) atoms. The van der Waals surface area contributed by atoms with Gasteiger partial charge in [0.1, 0.15) is 12.1 Å². The quantitative estimate of drug-likeness (QED) is 0.0978. The van der Waals surface area contributed by atoms with Crippen LogP contribution in [0.4, 0.5) is 0 Å². The van der Waals surface area contributed by atoms with Crippen molar-refractivity contribution >= 4 is 65.4 Å². The van der Waals surface area contributed by atoms with Crippen LogP contribution in [0.3, 0.4) is 0 Å². The second kappa shape index (κ2) is 17.4. The van der Waals surface area contributed by atoms with E-state index in [1.807, 2.05) is 36.9 Å². The highest BCUT2D eigenvalue weighted by Crippen LogP contribution is 2.17. The van der Waals surface area contributed by atoms with E-state index in [2.05, 4.69) is 110 Å². The summed E-state index contributed by atoms with van der Waals surface area (Å²) in [5.74, 6) is 0. The SMILES string of the molecule is N#C/C(=N\O)c1ccc(Br)cc1.N#C/C(=N\O)c1ccc(Br)cc1.c1ccc2c(c1)ncn2Cc1ccc(Cn2cnc3ccccc32)cc1. The summed E-state index contributed by atoms with van der Waals surface area (Å²) in [5.41, 5.74) is 8.19. The molecule has 246 valence electrons. The highest BCUT2D eigenvalue weighted by atomic mass is 79.9. The number of nitriles is 2. The predicted octanol–water partition coefficient (Wildman–Crippen LogP) is 8.78. The Morgan fingerprint density at radius 2 is 0.920 bits per heavy atom. The molecule has 10 nitrogen and oxygen atoms in total. The number of oxime groups is 2. The molecule has 0 saturated heterocycles. The standard InChI is InChI=1S/C22H18N4.2C8H5BrN2O/c1-3-7-21-19(5-1)23-15-25(21)13-17-9-11-18(12-10-17)14-26-16-24-20-6-2-4-8-22(20)26;2*9-7-3-1-6(2-4-7)8(5-10)11-12/h1-12,15-16H,13-14H2;2*1-4,12H/b;2*11-8+. The molecule has 7 aromatic rings. The van der Waals surface area contributed by atoms with Crippen LogP contribution in [0.1, 0.15) is 22.3 Å². The van der Waals surface area contributed by atoms with Crippen molar-refractivity contribution in [3.63, 3.8) is 0 Å². The Kier molecular flexibility index (Phi) is 12.2. The van der Waals surface area contributed by atoms with E-state index < -0.39 is 0 Å². The van der Waals surface area contributed by atoms with E-state index in [0.717, 1.165) is 33.1 Å². The van der Waals surface area contributed by atoms with Crippen LogP contribution in [0.2, 0.25) is 0 Å². The number of nitrogens with zero attached hydrogens (tertiary/aromatic N) is 8. The number of hydrogen-bond acceptors (Lipinski definition) is 8. The summed E-state index contributed by atoms with van der Waals surface area (Å²) >= 11 is 6.51. The topological polar surface area (TPSA) is 148 Å². The number of halogens is 2. The second-order valence-corrected chi connectivity index (χ2v) is 12.5. The van der Waals surface area contributed by atoms with Gasteiger partial charge in [-0.3, -0.25) is 0 Å². The molecule has 0 saturated carbocycles. The van der Waals surface area contributed by atoms with E-state index in [0.29, 0.717) is 11.1 Å². The lowest BCUT2D eigenvalue weighted by Gasteiger charge is -2.08. The van der Waals surface area contributed by atoms with Crippen molar-refractivity contribution in [2.24, 2.45) is 10.3 Å². The second-order valence-electron chi connectivity index (χ2n) is 10.7. The molecule has 0 atom stereocenters. The summed E-state index contributed by atoms with van der Waals surface area (Å²) < 4.78 is 6.21. The zero-order chi connectivity index (χ0) is 35.3. The smallest absolute Gasteiger partial charge is 0.186 e. The van der Waals surface area contributed by atoms with Gasteiger partial charge in [0.25, 0.3) is 0 Å². The zero-order valence-electron chi connectivity index (χ0n) is 26.3. The molecule has 0 radical (unpaired) electrons. The number of para-hydroxylation sites is 4. The van der Waals surface area contributed by atoms with Gasteiger partial charge in [0.15, 0.2) is 11.4 Å². The van der Waals surface area contributed by atoms with Gasteiger partial charge < -0.3 is 19.5 Å². The summed E-state index contributed by atoms with van der Waals surface area (Å²) in [5, 5.41) is 39.5. The Morgan fingerprint density at radius 1 is 0.560 bits per heavy atom. The summed E-state index contributed by atoms with van der Waals surface area (Å²) in [7, 11) is 0. The van der Waals surface area contributed by atoms with E-state index in [4.69, 9.17) is 20.9 Å². The van der Waals surface area contributed by atoms with Gasteiger partial charge in [-0.2, -0.15) is 10.5 Å². The van der Waals surface area contributed by atoms with Gasteiger partial charge in [-0.05, 0) is 59.7 Å². The van der Waals surface area contributed by atoms with Crippen LogP contribution in [0.15, 0.2) is 153 Å². The first-order valence-electron chi connectivity index (χ1n) is 15.1. The maximum absolute atomic E-state index is 8.50. The first kappa shape index (κ1) is 35.2. The number of fused-ring (bicyclic) bond motifs is 2. The Morgan fingerprint density at radius 3 is 1.26 bits per heavy atom. The van der Waals surface area contributed by atoms with E-state index in [1.54, 1.807) is 60.7 Å². The number of benzene rings is 5. The van der Waals surface area contributed by atoms with E-state index in [9.17, 15) is 0 Å². The average Bonchev–Trinajstić information content (AvgIpc) is 3.76. The molecule has 0 aliphatic heterocycles. The number of hydrogen-bond donors (Lipinski definition) is 2. The van der Waals surface area contributed by atoms with Crippen molar-refractivity contribution in [1.82, 2.24) is 19.1 Å². The van der Waals surface area contributed by atoms with E-state index in [-0.39, 0.29) is 11.4 Å². The van der Waals surface area contributed by atoms with Crippen LogP contribution in [-0.2, 0) is 13.1 Å². The molecule has 0 aliphatic carbocycles. The van der Waals surface area contributed by atoms with Crippen LogP contribution in [0.5, 0.6) is 0 Å². The third kappa shape index (κ3) is 9.08. The van der Waals surface area contributed by atoms with Crippen molar-refractivity contribution in [3.8, 4) is 12.1 Å². The Balaban J connectivity index is 0.000000169. The van der Waals surface area contributed by atoms with Crippen molar-refractivity contribution in [2.75, 3.05) is 0 Å². The minimum absolute atomic E-state index is 0.0162. The van der Waals surface area contributed by atoms with Crippen LogP contribution in [0, 0.1) is 22.7 Å². The van der Waals surface area contributed by atoms with Gasteiger partial charge >= 0.3 is 0 Å². The fourth-order valence-corrected chi connectivity index (χ4v) is 5.45. The maximum Gasteiger partial charge on any atom is 0.186 e. The third-order valence-electron chi connectivity index (χ3n) is 7.43. The molecule has 0 fully saturated rings. The highest BCUT2D eigenvalue weighted by Gasteiger charge is 2.05. The van der Waals surface area contributed by atoms with Gasteiger partial charge in [-0.25, -0.2) is 9.97 Å². The molecule has 0 bridgehead atoms. The van der Waals surface area contributed by atoms with Crippen LogP contribution >= 0.6 is 31.9 Å². The van der Waals surface area contributed by atoms with E-state index >= 15 is 0 Å². The van der Waals surface area contributed by atoms with Gasteiger partial charge in [0.05, 0.1) is 34.7 Å². The molecule has 0 spiro atoms. The highest BCUT2D eigenvalue weighted by molar-refractivity contribution is 9.10. The number of imidazole rings is 2. The number of rotatable bonds is 6. The lowest BCUT2D eigenvalue weighted by Crippen LogP contribution is -2.00. The minimum atomic E-state index is 0.0162. The molecule has 2 N–H and O–H groups in total. The maximum atomic E-state index is 8.50. The summed E-state index contributed by atoms with van der Waals surface area (Å²) in [6.45, 7) is 1.66. The van der Waals surface area contributed by atoms with Gasteiger partial charge in [-0.1, -0.05) is 115 Å². The molecule has 5 aromatic carbocycles. The molecule has 0 unspecified atom stereocenters. The first-order chi connectivity index (χ1) is 24.4. The Bertz CT molecular complexity index is 2170. The summed E-state index contributed by atoms with van der Waals surface area (Å²) in [6, 6.07) is 42.7. The van der Waals surface area contributed by atoms with Gasteiger partial charge in [0, 0.05) is 33.2 Å². The predicted molar refractivity (Wildman–Crippen MR) is 200 cm³/mol. The molecule has 0 amide bonds. The third-order valence-corrected chi connectivity index (χ3v) is 8.49. The van der Waals surface area contributed by atoms with E-state index in [1.165, 1.54) is 22.2 Å². The normalized spacial score (nSPS) is 11.1. The number of aromatic nitrogens is 4. The Labute approximate surface area is 304 Å². The van der Waals surface area contributed by atoms with Crippen LogP contribution in [-0.4, -0.2) is 40.9 Å². The molecular weight excluding hydrogens is 760 g/mol. The molecule has 2 heterocycles. The molecular formula is C38H28Br2N8O2. The zero-order valence-corrected chi connectivity index (χ0v) is 29.5. The molecule has 2 aromatic heterocycles. The minimum Gasteiger partial charge on any atom is -0.410 e. The largest absolute Gasteiger partial charge is 0.410 e. The summed E-state index contributed by atoms with van der Waals surface area (Å²) in [4.78, 5) is 8.93. The van der Waals surface area contributed by atoms with Crippen molar-refractivity contribution in [1.29, 1.82) is 10.5 Å². The van der Waals surface area contributed by atoms with Gasteiger partial charge in [-0.15, -0.1) is 0 Å². The lowest BCUT2D eigenvalue weighted by molar-refractivity contribution is 0.320. The van der Waals surface area contributed by atoms with Gasteiger partial charge in [0.2, 0.25) is 0 Å². The molecule has 7 rings (SSSR count). The van der Waals surface area contributed by atoms with Crippen molar-refractivity contribution < 1.29 is 10.4 Å². The molecule has 12 heteroatoms. The monoisotopic (exact) mass is 786 g/mol. The summed E-state index contributed by atoms with van der Waals surface area (Å²) in [6.07, 6.45) is 3.83. The fourth-order valence-electron chi connectivity index (χ4n) is 4.92. The first-order valence-corrected chi connectivity index (χ1v) is 16.6. The van der Waals surface area contributed by atoms with Crippen LogP contribution in [0.25, 0.3) is 22.1 Å². The van der Waals surface area contributed by atoms with Crippen molar-refractivity contribution in [2.45, 2.75) is 13.1 Å². The Hall–Kier alpha value is -6.08. The molecule has 0 aliphatic rings.